The molecule has 0 heterocycles. The summed E-state index contributed by atoms with van der Waals surface area (Å²) in [6.07, 6.45) is 3.30. The summed E-state index contributed by atoms with van der Waals surface area (Å²) in [5.74, 6) is -0.226. The number of nitrogens with one attached hydrogen (secondary N) is 1. The van der Waals surface area contributed by atoms with Crippen molar-refractivity contribution in [2.45, 2.75) is 13.0 Å². The van der Waals surface area contributed by atoms with E-state index in [2.05, 4.69) is 5.32 Å². The number of benzene rings is 3. The van der Waals surface area contributed by atoms with Crippen molar-refractivity contribution in [1.29, 1.82) is 0 Å². The average molecular weight is 331 g/mol. The Morgan fingerprint density at radius 3 is 2.52 bits per heavy atom. The third kappa shape index (κ3) is 4.14. The molecule has 0 aromatic heterocycles. The van der Waals surface area contributed by atoms with Gasteiger partial charge in [0.05, 0.1) is 12.6 Å². The molecule has 2 N–H and O–H groups in total. The molecular weight excluding hydrogens is 310 g/mol. The zero-order valence-electron chi connectivity index (χ0n) is 14.1. The van der Waals surface area contributed by atoms with Gasteiger partial charge in [0.2, 0.25) is 5.91 Å². The maximum Gasteiger partial charge on any atom is 0.244 e. The molecule has 0 saturated heterocycles. The molecule has 0 aliphatic rings. The first-order valence-corrected chi connectivity index (χ1v) is 8.31. The van der Waals surface area contributed by atoms with Crippen LogP contribution in [0.2, 0.25) is 0 Å². The lowest BCUT2D eigenvalue weighted by atomic mass is 10.0. The minimum atomic E-state index is -0.432. The summed E-state index contributed by atoms with van der Waals surface area (Å²) in [6.45, 7) is 1.85. The second-order valence-corrected chi connectivity index (χ2v) is 6.04. The Bertz CT molecular complexity index is 915. The quantitative estimate of drug-likeness (QED) is 0.694. The van der Waals surface area contributed by atoms with E-state index in [0.29, 0.717) is 0 Å². The number of amides is 1. The highest BCUT2D eigenvalue weighted by molar-refractivity contribution is 5.92. The Hall–Kier alpha value is -2.91. The lowest BCUT2D eigenvalue weighted by Crippen LogP contribution is -2.29. The number of hydrogen-bond acceptors (Lipinski definition) is 2. The zero-order valence-corrected chi connectivity index (χ0v) is 14.1. The summed E-state index contributed by atoms with van der Waals surface area (Å²) in [5.41, 5.74) is 3.00. The molecule has 0 spiro atoms. The van der Waals surface area contributed by atoms with E-state index in [9.17, 15) is 9.90 Å². The van der Waals surface area contributed by atoms with Crippen molar-refractivity contribution < 1.29 is 9.90 Å². The molecule has 3 heteroatoms. The molecule has 0 radical (unpaired) electrons. The van der Waals surface area contributed by atoms with Crippen LogP contribution in [0, 0.1) is 6.92 Å². The van der Waals surface area contributed by atoms with Gasteiger partial charge >= 0.3 is 0 Å². The molecule has 0 bridgehead atoms. The van der Waals surface area contributed by atoms with Crippen LogP contribution in [0.25, 0.3) is 16.8 Å². The zero-order chi connectivity index (χ0) is 17.6. The predicted octanol–water partition coefficient (Wildman–Crippen LogP) is 4.01. The Morgan fingerprint density at radius 1 is 1.04 bits per heavy atom. The first-order chi connectivity index (χ1) is 12.2. The first-order valence-electron chi connectivity index (χ1n) is 8.31. The third-order valence-corrected chi connectivity index (χ3v) is 4.28. The standard InChI is InChI=1S/C22H21NO2/c1-16-6-2-3-7-17(16)12-13-22(25)23-21(15-24)20-11-10-18-8-4-5-9-19(18)14-20/h2-14,21,24H,15H2,1H3,(H,23,25)/t21-/m0/s1. The highest BCUT2D eigenvalue weighted by atomic mass is 16.3. The van der Waals surface area contributed by atoms with Gasteiger partial charge in [0, 0.05) is 6.08 Å². The second-order valence-electron chi connectivity index (χ2n) is 6.04. The largest absolute Gasteiger partial charge is 0.394 e. The molecule has 0 unspecified atom stereocenters. The number of aliphatic hydroxyl groups is 1. The summed E-state index contributed by atoms with van der Waals surface area (Å²) in [6, 6.07) is 21.4. The second kappa shape index (κ2) is 7.77. The number of aryl methyl sites for hydroxylation is 1. The number of aliphatic hydroxyl groups excluding tert-OH is 1. The van der Waals surface area contributed by atoms with Gasteiger partial charge in [-0.15, -0.1) is 0 Å². The highest BCUT2D eigenvalue weighted by Crippen LogP contribution is 2.20. The number of carbonyl (C=O) groups excluding carboxylic acids is 1. The molecule has 0 aliphatic carbocycles. The van der Waals surface area contributed by atoms with Crippen LogP contribution in [0.5, 0.6) is 0 Å². The van der Waals surface area contributed by atoms with Gasteiger partial charge in [-0.25, -0.2) is 0 Å². The van der Waals surface area contributed by atoms with E-state index < -0.39 is 6.04 Å². The SMILES string of the molecule is Cc1ccccc1C=CC(=O)N[C@@H](CO)c1ccc2ccccc2c1. The molecular formula is C22H21NO2. The lowest BCUT2D eigenvalue weighted by molar-refractivity contribution is -0.117. The van der Waals surface area contributed by atoms with E-state index in [0.717, 1.165) is 27.5 Å². The summed E-state index contributed by atoms with van der Waals surface area (Å²) < 4.78 is 0. The van der Waals surface area contributed by atoms with Crippen LogP contribution in [-0.4, -0.2) is 17.6 Å². The molecule has 0 saturated carbocycles. The fraction of sp³-hybridized carbons (Fsp3) is 0.136. The van der Waals surface area contributed by atoms with Crippen LogP contribution < -0.4 is 5.32 Å². The van der Waals surface area contributed by atoms with Gasteiger partial charge in [0.1, 0.15) is 0 Å². The van der Waals surface area contributed by atoms with Crippen molar-refractivity contribution in [3.8, 4) is 0 Å². The summed E-state index contributed by atoms with van der Waals surface area (Å²) in [5, 5.41) is 14.8. The van der Waals surface area contributed by atoms with Crippen LogP contribution in [-0.2, 0) is 4.79 Å². The maximum absolute atomic E-state index is 12.2. The van der Waals surface area contributed by atoms with Gasteiger partial charge in [0.15, 0.2) is 0 Å². The number of carbonyl (C=O) groups is 1. The monoisotopic (exact) mass is 331 g/mol. The Balaban J connectivity index is 1.74. The number of rotatable bonds is 5. The third-order valence-electron chi connectivity index (χ3n) is 4.28. The predicted molar refractivity (Wildman–Crippen MR) is 102 cm³/mol. The van der Waals surface area contributed by atoms with Crippen LogP contribution in [0.4, 0.5) is 0 Å². The van der Waals surface area contributed by atoms with E-state index in [1.807, 2.05) is 73.7 Å². The molecule has 0 aliphatic heterocycles. The lowest BCUT2D eigenvalue weighted by Gasteiger charge is -2.16. The van der Waals surface area contributed by atoms with Crippen molar-refractivity contribution in [3.05, 3.63) is 89.5 Å². The van der Waals surface area contributed by atoms with Crippen LogP contribution in [0.15, 0.2) is 72.8 Å². The van der Waals surface area contributed by atoms with Crippen molar-refractivity contribution >= 4 is 22.8 Å². The van der Waals surface area contributed by atoms with Gasteiger partial charge in [-0.05, 0) is 46.5 Å². The van der Waals surface area contributed by atoms with Gasteiger partial charge in [0.25, 0.3) is 0 Å². The molecule has 3 aromatic rings. The maximum atomic E-state index is 12.2. The summed E-state index contributed by atoms with van der Waals surface area (Å²) >= 11 is 0. The van der Waals surface area contributed by atoms with Gasteiger partial charge in [-0.1, -0.05) is 60.7 Å². The van der Waals surface area contributed by atoms with Crippen LogP contribution in [0.1, 0.15) is 22.7 Å². The molecule has 25 heavy (non-hydrogen) atoms. The normalized spacial score (nSPS) is 12.4. The minimum absolute atomic E-state index is 0.151. The summed E-state index contributed by atoms with van der Waals surface area (Å²) in [4.78, 5) is 12.2. The summed E-state index contributed by atoms with van der Waals surface area (Å²) in [7, 11) is 0. The van der Waals surface area contributed by atoms with Gasteiger partial charge in [-0.3, -0.25) is 4.79 Å². The Kier molecular flexibility index (Phi) is 5.26. The van der Waals surface area contributed by atoms with E-state index in [4.69, 9.17) is 0 Å². The first kappa shape index (κ1) is 16.9. The van der Waals surface area contributed by atoms with Crippen molar-refractivity contribution in [1.82, 2.24) is 5.32 Å². The van der Waals surface area contributed by atoms with E-state index in [1.54, 1.807) is 6.08 Å². The smallest absolute Gasteiger partial charge is 0.244 e. The topological polar surface area (TPSA) is 49.3 Å². The number of fused-ring (bicyclic) bond motifs is 1. The highest BCUT2D eigenvalue weighted by Gasteiger charge is 2.12. The van der Waals surface area contributed by atoms with E-state index >= 15 is 0 Å². The van der Waals surface area contributed by atoms with Crippen LogP contribution >= 0.6 is 0 Å². The van der Waals surface area contributed by atoms with Gasteiger partial charge in [-0.2, -0.15) is 0 Å². The van der Waals surface area contributed by atoms with Crippen molar-refractivity contribution in [2.24, 2.45) is 0 Å². The molecule has 3 rings (SSSR count). The molecule has 3 nitrogen and oxygen atoms in total. The van der Waals surface area contributed by atoms with E-state index in [1.165, 1.54) is 6.08 Å². The van der Waals surface area contributed by atoms with Gasteiger partial charge < -0.3 is 10.4 Å². The molecule has 0 fully saturated rings. The van der Waals surface area contributed by atoms with Crippen molar-refractivity contribution in [2.75, 3.05) is 6.61 Å². The Labute approximate surface area is 147 Å². The molecule has 1 atom stereocenters. The molecule has 3 aromatic carbocycles. The average Bonchev–Trinajstić information content (AvgIpc) is 2.65. The fourth-order valence-electron chi connectivity index (χ4n) is 2.82. The van der Waals surface area contributed by atoms with E-state index in [-0.39, 0.29) is 12.5 Å². The van der Waals surface area contributed by atoms with Crippen molar-refractivity contribution in [3.63, 3.8) is 0 Å². The molecule has 1 amide bonds. The minimum Gasteiger partial charge on any atom is -0.394 e. The van der Waals surface area contributed by atoms with Crippen LogP contribution in [0.3, 0.4) is 0 Å². The fourth-order valence-corrected chi connectivity index (χ4v) is 2.82. The Morgan fingerprint density at radius 2 is 1.76 bits per heavy atom. The molecule has 126 valence electrons. The number of hydrogen-bond donors (Lipinski definition) is 2.